The number of methoxy groups -OCH3 is 1. The summed E-state index contributed by atoms with van der Waals surface area (Å²) >= 11 is 0. The van der Waals surface area contributed by atoms with Crippen LogP contribution in [0.5, 0.6) is 5.75 Å². The SMILES string of the molecule is CCOC(=O)[C@@H](C[N+](=O)[O-])C1C(=O)Nc2ccc(OC)cc21. The van der Waals surface area contributed by atoms with E-state index in [1.54, 1.807) is 25.1 Å². The van der Waals surface area contributed by atoms with Crippen molar-refractivity contribution in [2.75, 3.05) is 25.6 Å². The van der Waals surface area contributed by atoms with Gasteiger partial charge in [0.1, 0.15) is 11.7 Å². The highest BCUT2D eigenvalue weighted by Gasteiger charge is 2.44. The molecule has 1 aromatic rings. The lowest BCUT2D eigenvalue weighted by molar-refractivity contribution is -0.486. The standard InChI is InChI=1S/C14H16N2O6/c1-3-22-14(18)10(7-16(19)20)12-9-6-8(21-2)4-5-11(9)15-13(12)17/h4-6,10,12H,3,7H2,1-2H3,(H,15,17)/t10-,12?/m0/s1. The van der Waals surface area contributed by atoms with E-state index in [0.717, 1.165) is 0 Å². The van der Waals surface area contributed by atoms with Gasteiger partial charge in [-0.15, -0.1) is 0 Å². The molecule has 22 heavy (non-hydrogen) atoms. The molecule has 1 N–H and O–H groups in total. The van der Waals surface area contributed by atoms with Gasteiger partial charge in [0.25, 0.3) is 0 Å². The summed E-state index contributed by atoms with van der Waals surface area (Å²) in [5, 5.41) is 13.5. The van der Waals surface area contributed by atoms with E-state index < -0.39 is 35.2 Å². The molecule has 0 aliphatic carbocycles. The van der Waals surface area contributed by atoms with Crippen LogP contribution in [0.15, 0.2) is 18.2 Å². The number of rotatable bonds is 6. The molecule has 0 radical (unpaired) electrons. The topological polar surface area (TPSA) is 108 Å². The van der Waals surface area contributed by atoms with E-state index in [1.165, 1.54) is 7.11 Å². The average molecular weight is 308 g/mol. The summed E-state index contributed by atoms with van der Waals surface area (Å²) in [4.78, 5) is 34.5. The summed E-state index contributed by atoms with van der Waals surface area (Å²) in [5.41, 5.74) is 1.03. The van der Waals surface area contributed by atoms with Gasteiger partial charge in [0, 0.05) is 10.6 Å². The predicted octanol–water partition coefficient (Wildman–Crippen LogP) is 1.19. The van der Waals surface area contributed by atoms with E-state index in [4.69, 9.17) is 9.47 Å². The molecule has 1 heterocycles. The van der Waals surface area contributed by atoms with Crippen molar-refractivity contribution in [3.8, 4) is 5.75 Å². The van der Waals surface area contributed by atoms with Gasteiger partial charge in [-0.1, -0.05) is 0 Å². The normalized spacial score (nSPS) is 17.4. The van der Waals surface area contributed by atoms with E-state index >= 15 is 0 Å². The van der Waals surface area contributed by atoms with Crippen LogP contribution in [0.3, 0.4) is 0 Å². The third kappa shape index (κ3) is 3.00. The molecule has 1 aromatic carbocycles. The number of nitrogens with zero attached hydrogens (tertiary/aromatic N) is 1. The van der Waals surface area contributed by atoms with Crippen LogP contribution in [0.4, 0.5) is 5.69 Å². The third-order valence-corrected chi connectivity index (χ3v) is 3.47. The maximum absolute atomic E-state index is 12.2. The summed E-state index contributed by atoms with van der Waals surface area (Å²) in [6.07, 6.45) is 0. The van der Waals surface area contributed by atoms with Crippen molar-refractivity contribution >= 4 is 17.6 Å². The smallest absolute Gasteiger partial charge is 0.316 e. The molecule has 2 rings (SSSR count). The summed E-state index contributed by atoms with van der Waals surface area (Å²) in [5.74, 6) is -2.85. The van der Waals surface area contributed by atoms with Crippen molar-refractivity contribution in [1.29, 1.82) is 0 Å². The zero-order valence-electron chi connectivity index (χ0n) is 12.2. The van der Waals surface area contributed by atoms with Crippen LogP contribution >= 0.6 is 0 Å². The van der Waals surface area contributed by atoms with Gasteiger partial charge in [0.05, 0.1) is 19.6 Å². The summed E-state index contributed by atoms with van der Waals surface area (Å²) < 4.78 is 9.99. The van der Waals surface area contributed by atoms with Gasteiger partial charge in [-0.05, 0) is 30.7 Å². The first-order chi connectivity index (χ1) is 10.5. The summed E-state index contributed by atoms with van der Waals surface area (Å²) in [6.45, 7) is 1.02. The quantitative estimate of drug-likeness (QED) is 0.480. The van der Waals surface area contributed by atoms with Crippen molar-refractivity contribution in [2.45, 2.75) is 12.8 Å². The van der Waals surface area contributed by atoms with E-state index in [1.807, 2.05) is 0 Å². The minimum atomic E-state index is -1.18. The highest BCUT2D eigenvalue weighted by Crippen LogP contribution is 2.40. The molecule has 0 fully saturated rings. The Morgan fingerprint density at radius 3 is 2.82 bits per heavy atom. The largest absolute Gasteiger partial charge is 0.497 e. The van der Waals surface area contributed by atoms with Crippen molar-refractivity contribution in [2.24, 2.45) is 5.92 Å². The van der Waals surface area contributed by atoms with Crippen molar-refractivity contribution < 1.29 is 24.0 Å². The number of carbonyl (C=O) groups excluding carboxylic acids is 2. The molecule has 8 heteroatoms. The Morgan fingerprint density at radius 1 is 1.50 bits per heavy atom. The van der Waals surface area contributed by atoms with Gasteiger partial charge < -0.3 is 14.8 Å². The fraction of sp³-hybridized carbons (Fsp3) is 0.429. The molecule has 0 aromatic heterocycles. The number of hydrogen-bond acceptors (Lipinski definition) is 6. The first-order valence-corrected chi connectivity index (χ1v) is 6.75. The summed E-state index contributed by atoms with van der Waals surface area (Å²) in [6, 6.07) is 4.90. The van der Waals surface area contributed by atoms with Gasteiger partial charge in [-0.25, -0.2) is 0 Å². The molecule has 118 valence electrons. The molecule has 0 spiro atoms. The number of fused-ring (bicyclic) bond motifs is 1. The number of amides is 1. The van der Waals surface area contributed by atoms with E-state index in [-0.39, 0.29) is 6.61 Å². The number of ether oxygens (including phenoxy) is 2. The van der Waals surface area contributed by atoms with Crippen LogP contribution in [0, 0.1) is 16.0 Å². The second-order valence-corrected chi connectivity index (χ2v) is 4.79. The van der Waals surface area contributed by atoms with E-state index in [0.29, 0.717) is 17.0 Å². The minimum Gasteiger partial charge on any atom is -0.497 e. The van der Waals surface area contributed by atoms with Crippen molar-refractivity contribution in [3.63, 3.8) is 0 Å². The Balaban J connectivity index is 2.41. The molecule has 0 bridgehead atoms. The number of nitro groups is 1. The molecule has 8 nitrogen and oxygen atoms in total. The number of carbonyl (C=O) groups is 2. The molecule has 1 unspecified atom stereocenters. The Morgan fingerprint density at radius 2 is 2.23 bits per heavy atom. The first kappa shape index (κ1) is 15.7. The lowest BCUT2D eigenvalue weighted by atomic mass is 9.87. The highest BCUT2D eigenvalue weighted by molar-refractivity contribution is 6.05. The Bertz CT molecular complexity index is 615. The molecule has 1 amide bonds. The monoisotopic (exact) mass is 308 g/mol. The van der Waals surface area contributed by atoms with Crippen LogP contribution in [0.2, 0.25) is 0 Å². The molecule has 0 saturated heterocycles. The fourth-order valence-corrected chi connectivity index (χ4v) is 2.52. The Labute approximate surface area is 126 Å². The van der Waals surface area contributed by atoms with Crippen LogP contribution in [0.25, 0.3) is 0 Å². The molecular formula is C14H16N2O6. The van der Waals surface area contributed by atoms with Crippen molar-refractivity contribution in [3.05, 3.63) is 33.9 Å². The maximum Gasteiger partial charge on any atom is 0.316 e. The first-order valence-electron chi connectivity index (χ1n) is 6.75. The van der Waals surface area contributed by atoms with E-state index in [9.17, 15) is 19.7 Å². The molecule has 1 aliphatic heterocycles. The number of esters is 1. The lowest BCUT2D eigenvalue weighted by Crippen LogP contribution is -2.34. The van der Waals surface area contributed by atoms with Crippen LogP contribution in [0.1, 0.15) is 18.4 Å². The van der Waals surface area contributed by atoms with Gasteiger partial charge in [-0.3, -0.25) is 19.7 Å². The van der Waals surface area contributed by atoms with Gasteiger partial charge in [-0.2, -0.15) is 0 Å². The molecule has 1 aliphatic rings. The highest BCUT2D eigenvalue weighted by atomic mass is 16.6. The van der Waals surface area contributed by atoms with E-state index in [2.05, 4.69) is 5.32 Å². The molecule has 2 atom stereocenters. The maximum atomic E-state index is 12.2. The third-order valence-electron chi connectivity index (χ3n) is 3.47. The van der Waals surface area contributed by atoms with Crippen LogP contribution < -0.4 is 10.1 Å². The second kappa shape index (κ2) is 6.42. The number of nitrogens with one attached hydrogen (secondary N) is 1. The minimum absolute atomic E-state index is 0.0896. The predicted molar refractivity (Wildman–Crippen MR) is 76.3 cm³/mol. The number of anilines is 1. The number of benzene rings is 1. The number of hydrogen-bond donors (Lipinski definition) is 1. The van der Waals surface area contributed by atoms with Gasteiger partial charge >= 0.3 is 5.97 Å². The Hall–Kier alpha value is -2.64. The average Bonchev–Trinajstić information content (AvgIpc) is 2.79. The van der Waals surface area contributed by atoms with Gasteiger partial charge in [0.2, 0.25) is 12.5 Å². The zero-order chi connectivity index (χ0) is 16.3. The fourth-order valence-electron chi connectivity index (χ4n) is 2.52. The second-order valence-electron chi connectivity index (χ2n) is 4.79. The zero-order valence-corrected chi connectivity index (χ0v) is 12.2. The molecule has 0 saturated carbocycles. The summed E-state index contributed by atoms with van der Waals surface area (Å²) in [7, 11) is 1.47. The van der Waals surface area contributed by atoms with Crippen LogP contribution in [-0.2, 0) is 14.3 Å². The lowest BCUT2D eigenvalue weighted by Gasteiger charge is -2.17. The van der Waals surface area contributed by atoms with Crippen molar-refractivity contribution in [1.82, 2.24) is 0 Å². The van der Waals surface area contributed by atoms with Crippen LogP contribution in [-0.4, -0.2) is 37.1 Å². The molecular weight excluding hydrogens is 292 g/mol. The Kier molecular flexibility index (Phi) is 4.59. The van der Waals surface area contributed by atoms with Gasteiger partial charge in [0.15, 0.2) is 0 Å².